The van der Waals surface area contributed by atoms with Gasteiger partial charge in [0.1, 0.15) is 11.6 Å². The summed E-state index contributed by atoms with van der Waals surface area (Å²) in [4.78, 5) is 15.7. The van der Waals surface area contributed by atoms with Crippen LogP contribution in [0.3, 0.4) is 0 Å². The number of aromatic nitrogens is 3. The van der Waals surface area contributed by atoms with E-state index in [1.54, 1.807) is 17.5 Å². The van der Waals surface area contributed by atoms with Crippen molar-refractivity contribution in [2.45, 2.75) is 31.6 Å². The third kappa shape index (κ3) is 3.21. The van der Waals surface area contributed by atoms with Crippen LogP contribution in [0.25, 0.3) is 0 Å². The minimum atomic E-state index is 0.539. The number of hydrogen-bond acceptors (Lipinski definition) is 6. The summed E-state index contributed by atoms with van der Waals surface area (Å²) in [6.45, 7) is 2.83. The molecule has 4 rings (SSSR count). The second-order valence-electron chi connectivity index (χ2n) is 6.11. The van der Waals surface area contributed by atoms with Crippen molar-refractivity contribution in [3.8, 4) is 5.19 Å². The Morgan fingerprint density at radius 3 is 3.00 bits per heavy atom. The van der Waals surface area contributed by atoms with Crippen molar-refractivity contribution in [2.24, 2.45) is 5.92 Å². The van der Waals surface area contributed by atoms with Crippen LogP contribution in [0.5, 0.6) is 5.19 Å². The molecular weight excluding hydrogens is 296 g/mol. The second kappa shape index (κ2) is 6.20. The summed E-state index contributed by atoms with van der Waals surface area (Å²) in [5.41, 5.74) is 0. The van der Waals surface area contributed by atoms with Gasteiger partial charge in [-0.1, -0.05) is 11.3 Å². The van der Waals surface area contributed by atoms with Crippen molar-refractivity contribution in [2.75, 3.05) is 24.6 Å². The lowest BCUT2D eigenvalue weighted by molar-refractivity contribution is 0.227. The van der Waals surface area contributed by atoms with Crippen LogP contribution in [0, 0.1) is 5.92 Å². The fourth-order valence-corrected chi connectivity index (χ4v) is 3.45. The fraction of sp³-hybridized carbons (Fsp3) is 0.562. The zero-order chi connectivity index (χ0) is 14.8. The van der Waals surface area contributed by atoms with Gasteiger partial charge in [0.2, 0.25) is 0 Å². The number of ether oxygens (including phenoxy) is 1. The molecule has 2 aromatic heterocycles. The summed E-state index contributed by atoms with van der Waals surface area (Å²) < 4.78 is 5.79. The van der Waals surface area contributed by atoms with E-state index >= 15 is 0 Å². The lowest BCUT2D eigenvalue weighted by Crippen LogP contribution is -2.38. The van der Waals surface area contributed by atoms with Crippen molar-refractivity contribution < 1.29 is 4.74 Å². The Balaban J connectivity index is 1.38. The molecule has 1 atom stereocenters. The van der Waals surface area contributed by atoms with E-state index in [-0.39, 0.29) is 0 Å². The van der Waals surface area contributed by atoms with Gasteiger partial charge >= 0.3 is 0 Å². The molecule has 0 radical (unpaired) electrons. The molecule has 0 spiro atoms. The Labute approximate surface area is 134 Å². The van der Waals surface area contributed by atoms with Gasteiger partial charge in [-0.25, -0.2) is 15.0 Å². The topological polar surface area (TPSA) is 51.1 Å². The molecule has 2 aliphatic rings. The normalized spacial score (nSPS) is 21.8. The van der Waals surface area contributed by atoms with Gasteiger partial charge in [-0.05, 0) is 31.7 Å². The Morgan fingerprint density at radius 1 is 1.23 bits per heavy atom. The highest BCUT2D eigenvalue weighted by Gasteiger charge is 2.28. The fourth-order valence-electron chi connectivity index (χ4n) is 2.96. The maximum Gasteiger partial charge on any atom is 0.273 e. The van der Waals surface area contributed by atoms with E-state index in [4.69, 9.17) is 9.72 Å². The number of piperidine rings is 1. The molecule has 1 saturated carbocycles. The largest absolute Gasteiger partial charge is 0.470 e. The summed E-state index contributed by atoms with van der Waals surface area (Å²) in [7, 11) is 0. The van der Waals surface area contributed by atoms with Gasteiger partial charge in [-0.15, -0.1) is 0 Å². The molecule has 1 saturated heterocycles. The predicted molar refractivity (Wildman–Crippen MR) is 86.6 cm³/mol. The number of thiazole rings is 1. The highest BCUT2D eigenvalue weighted by molar-refractivity contribution is 7.11. The van der Waals surface area contributed by atoms with E-state index < -0.39 is 0 Å². The molecule has 5 nitrogen and oxygen atoms in total. The van der Waals surface area contributed by atoms with Crippen LogP contribution in [0.2, 0.25) is 0 Å². The maximum absolute atomic E-state index is 5.79. The van der Waals surface area contributed by atoms with Crippen LogP contribution in [-0.4, -0.2) is 34.6 Å². The number of anilines is 1. The van der Waals surface area contributed by atoms with Gasteiger partial charge < -0.3 is 9.64 Å². The van der Waals surface area contributed by atoms with Crippen LogP contribution in [-0.2, 0) is 0 Å². The first-order valence-electron chi connectivity index (χ1n) is 7.98. The highest BCUT2D eigenvalue weighted by atomic mass is 32.1. The zero-order valence-electron chi connectivity index (χ0n) is 12.5. The molecule has 0 aromatic carbocycles. The SMILES string of the molecule is c1cc(N2CCCC(COc3nccs3)C2)nc(C2CC2)n1. The molecule has 0 amide bonds. The van der Waals surface area contributed by atoms with Crippen LogP contribution >= 0.6 is 11.3 Å². The van der Waals surface area contributed by atoms with Crippen molar-refractivity contribution in [3.63, 3.8) is 0 Å². The van der Waals surface area contributed by atoms with Gasteiger partial charge in [-0.3, -0.25) is 0 Å². The predicted octanol–water partition coefficient (Wildman–Crippen LogP) is 3.11. The minimum absolute atomic E-state index is 0.539. The van der Waals surface area contributed by atoms with Gasteiger partial charge in [0, 0.05) is 42.7 Å². The molecular formula is C16H20N4OS. The molecule has 6 heteroatoms. The van der Waals surface area contributed by atoms with Gasteiger partial charge in [-0.2, -0.15) is 0 Å². The molecule has 2 aromatic rings. The quantitative estimate of drug-likeness (QED) is 0.848. The Kier molecular flexibility index (Phi) is 3.93. The van der Waals surface area contributed by atoms with E-state index in [1.165, 1.54) is 25.7 Å². The van der Waals surface area contributed by atoms with Gasteiger partial charge in [0.05, 0.1) is 6.61 Å². The van der Waals surface area contributed by atoms with E-state index in [0.717, 1.165) is 36.5 Å². The molecule has 3 heterocycles. The zero-order valence-corrected chi connectivity index (χ0v) is 13.3. The lowest BCUT2D eigenvalue weighted by Gasteiger charge is -2.33. The first-order valence-corrected chi connectivity index (χ1v) is 8.86. The van der Waals surface area contributed by atoms with E-state index in [2.05, 4.69) is 14.9 Å². The van der Waals surface area contributed by atoms with Crippen molar-refractivity contribution in [1.82, 2.24) is 15.0 Å². The standard InChI is InChI=1S/C16H20N4OS/c1-2-12(11-21-16-18-7-9-22-16)10-20(8-1)14-5-6-17-15(19-14)13-3-4-13/h5-7,9,12-13H,1-4,8,10-11H2. The van der Waals surface area contributed by atoms with Gasteiger partial charge in [0.25, 0.3) is 5.19 Å². The van der Waals surface area contributed by atoms with Crippen molar-refractivity contribution >= 4 is 17.2 Å². The minimum Gasteiger partial charge on any atom is -0.470 e. The monoisotopic (exact) mass is 316 g/mol. The summed E-state index contributed by atoms with van der Waals surface area (Å²) in [6, 6.07) is 2.04. The Bertz CT molecular complexity index is 614. The lowest BCUT2D eigenvalue weighted by atomic mass is 9.99. The maximum atomic E-state index is 5.79. The second-order valence-corrected chi connectivity index (χ2v) is 6.97. The summed E-state index contributed by atoms with van der Waals surface area (Å²) in [5, 5.41) is 2.72. The van der Waals surface area contributed by atoms with Crippen LogP contribution in [0.4, 0.5) is 5.82 Å². The Morgan fingerprint density at radius 2 is 2.18 bits per heavy atom. The van der Waals surface area contributed by atoms with Crippen molar-refractivity contribution in [1.29, 1.82) is 0 Å². The average Bonchev–Trinajstić information content (AvgIpc) is 3.30. The number of hydrogen-bond donors (Lipinski definition) is 0. The van der Waals surface area contributed by atoms with Crippen LogP contribution < -0.4 is 9.64 Å². The first kappa shape index (κ1) is 13.9. The molecule has 1 aliphatic heterocycles. The summed E-state index contributed by atoms with van der Waals surface area (Å²) in [6.07, 6.45) is 8.58. The summed E-state index contributed by atoms with van der Waals surface area (Å²) in [5.74, 6) is 3.25. The van der Waals surface area contributed by atoms with Crippen molar-refractivity contribution in [3.05, 3.63) is 29.7 Å². The van der Waals surface area contributed by atoms with E-state index in [1.807, 2.05) is 17.6 Å². The van der Waals surface area contributed by atoms with Crippen LogP contribution in [0.15, 0.2) is 23.8 Å². The van der Waals surface area contributed by atoms with Crippen LogP contribution in [0.1, 0.15) is 37.4 Å². The molecule has 116 valence electrons. The molecule has 22 heavy (non-hydrogen) atoms. The smallest absolute Gasteiger partial charge is 0.273 e. The summed E-state index contributed by atoms with van der Waals surface area (Å²) >= 11 is 1.55. The third-order valence-corrected chi connectivity index (χ3v) is 4.98. The first-order chi connectivity index (χ1) is 10.9. The third-order valence-electron chi connectivity index (χ3n) is 4.30. The van der Waals surface area contributed by atoms with E-state index in [9.17, 15) is 0 Å². The number of nitrogens with zero attached hydrogens (tertiary/aromatic N) is 4. The van der Waals surface area contributed by atoms with E-state index in [0.29, 0.717) is 11.8 Å². The highest BCUT2D eigenvalue weighted by Crippen LogP contribution is 2.38. The molecule has 0 N–H and O–H groups in total. The average molecular weight is 316 g/mol. The molecule has 1 aliphatic carbocycles. The Hall–Kier alpha value is -1.69. The molecule has 1 unspecified atom stereocenters. The number of rotatable bonds is 5. The van der Waals surface area contributed by atoms with Gasteiger partial charge in [0.15, 0.2) is 0 Å². The molecule has 0 bridgehead atoms. The molecule has 2 fully saturated rings.